The highest BCUT2D eigenvalue weighted by Gasteiger charge is 2.12. The minimum atomic E-state index is -0.487. The molecule has 0 saturated heterocycles. The Kier molecular flexibility index (Phi) is 4.81. The van der Waals surface area contributed by atoms with Crippen LogP contribution >= 0.6 is 0 Å². The summed E-state index contributed by atoms with van der Waals surface area (Å²) in [5.74, 6) is -0.264. The number of para-hydroxylation sites is 1. The van der Waals surface area contributed by atoms with Gasteiger partial charge in [0.1, 0.15) is 17.3 Å². The van der Waals surface area contributed by atoms with Crippen molar-refractivity contribution in [3.63, 3.8) is 0 Å². The molecule has 1 heterocycles. The van der Waals surface area contributed by atoms with E-state index in [4.69, 9.17) is 0 Å². The summed E-state index contributed by atoms with van der Waals surface area (Å²) in [6.45, 7) is 5.66. The Balaban J connectivity index is 2.12. The first-order valence-electron chi connectivity index (χ1n) is 6.78. The molecule has 110 valence electrons. The second kappa shape index (κ2) is 6.78. The number of carbonyl (C=O) groups excluding carboxylic acids is 1. The molecule has 6 heteroatoms. The van der Waals surface area contributed by atoms with Crippen molar-refractivity contribution in [1.82, 2.24) is 9.97 Å². The molecule has 21 heavy (non-hydrogen) atoms. The molecular formula is C15H17FN4O. The molecule has 1 amide bonds. The molecule has 0 spiro atoms. The normalized spacial score (nSPS) is 10.2. The van der Waals surface area contributed by atoms with Crippen molar-refractivity contribution in [2.75, 3.05) is 23.3 Å². The maximum absolute atomic E-state index is 13.5. The lowest BCUT2D eigenvalue weighted by atomic mass is 10.3. The molecule has 0 fully saturated rings. The van der Waals surface area contributed by atoms with E-state index in [1.807, 2.05) is 18.7 Å². The molecule has 5 nitrogen and oxygen atoms in total. The fourth-order valence-corrected chi connectivity index (χ4v) is 1.90. The van der Waals surface area contributed by atoms with Crippen LogP contribution in [0.4, 0.5) is 15.9 Å². The van der Waals surface area contributed by atoms with Gasteiger partial charge in [-0.3, -0.25) is 4.79 Å². The van der Waals surface area contributed by atoms with E-state index < -0.39 is 11.7 Å². The second-order valence-corrected chi connectivity index (χ2v) is 4.37. The molecule has 0 unspecified atom stereocenters. The summed E-state index contributed by atoms with van der Waals surface area (Å²) in [6.07, 6.45) is 2.94. The Labute approximate surface area is 122 Å². The molecular weight excluding hydrogens is 271 g/mol. The monoisotopic (exact) mass is 288 g/mol. The Morgan fingerprint density at radius 3 is 2.48 bits per heavy atom. The zero-order valence-electron chi connectivity index (χ0n) is 12.0. The van der Waals surface area contributed by atoms with Gasteiger partial charge in [0, 0.05) is 13.1 Å². The van der Waals surface area contributed by atoms with E-state index in [0.29, 0.717) is 5.82 Å². The maximum atomic E-state index is 13.5. The van der Waals surface area contributed by atoms with E-state index in [1.54, 1.807) is 18.3 Å². The number of hydrogen-bond acceptors (Lipinski definition) is 4. The summed E-state index contributed by atoms with van der Waals surface area (Å²) >= 11 is 0. The smallest absolute Gasteiger partial charge is 0.275 e. The van der Waals surface area contributed by atoms with E-state index in [0.717, 1.165) is 13.1 Å². The fraction of sp³-hybridized carbons (Fsp3) is 0.267. The highest BCUT2D eigenvalue weighted by Crippen LogP contribution is 2.14. The number of halogens is 1. The Bertz CT molecular complexity index is 611. The quantitative estimate of drug-likeness (QED) is 0.919. The summed E-state index contributed by atoms with van der Waals surface area (Å²) < 4.78 is 13.5. The number of amides is 1. The van der Waals surface area contributed by atoms with Gasteiger partial charge in [0.15, 0.2) is 0 Å². The Morgan fingerprint density at radius 1 is 1.19 bits per heavy atom. The first-order chi connectivity index (χ1) is 10.2. The minimum absolute atomic E-state index is 0.122. The van der Waals surface area contributed by atoms with Crippen LogP contribution in [0.5, 0.6) is 0 Å². The van der Waals surface area contributed by atoms with Crippen molar-refractivity contribution in [2.45, 2.75) is 13.8 Å². The number of aromatic nitrogens is 2. The van der Waals surface area contributed by atoms with Crippen LogP contribution in [-0.2, 0) is 0 Å². The number of anilines is 2. The number of carbonyl (C=O) groups is 1. The predicted molar refractivity (Wildman–Crippen MR) is 79.9 cm³/mol. The lowest BCUT2D eigenvalue weighted by molar-refractivity contribution is 0.102. The van der Waals surface area contributed by atoms with Gasteiger partial charge in [-0.25, -0.2) is 14.4 Å². The molecule has 1 N–H and O–H groups in total. The second-order valence-electron chi connectivity index (χ2n) is 4.37. The zero-order valence-corrected chi connectivity index (χ0v) is 12.0. The van der Waals surface area contributed by atoms with Gasteiger partial charge in [-0.05, 0) is 26.0 Å². The first-order valence-corrected chi connectivity index (χ1v) is 6.78. The average molecular weight is 288 g/mol. The van der Waals surface area contributed by atoms with Crippen molar-refractivity contribution in [1.29, 1.82) is 0 Å². The minimum Gasteiger partial charge on any atom is -0.356 e. The summed E-state index contributed by atoms with van der Waals surface area (Å²) in [5.41, 5.74) is 0.270. The van der Waals surface area contributed by atoms with Crippen molar-refractivity contribution < 1.29 is 9.18 Å². The van der Waals surface area contributed by atoms with Crippen LogP contribution in [0.15, 0.2) is 36.7 Å². The van der Waals surface area contributed by atoms with E-state index in [-0.39, 0.29) is 11.4 Å². The van der Waals surface area contributed by atoms with Gasteiger partial charge in [-0.2, -0.15) is 0 Å². The molecule has 0 aliphatic carbocycles. The number of nitrogens with zero attached hydrogens (tertiary/aromatic N) is 3. The van der Waals surface area contributed by atoms with Gasteiger partial charge in [0.05, 0.1) is 18.1 Å². The molecule has 0 aliphatic rings. The summed E-state index contributed by atoms with van der Waals surface area (Å²) in [5, 5.41) is 2.47. The topological polar surface area (TPSA) is 58.1 Å². The highest BCUT2D eigenvalue weighted by atomic mass is 19.1. The molecule has 0 atom stereocenters. The van der Waals surface area contributed by atoms with Gasteiger partial charge in [0.25, 0.3) is 5.91 Å². The third-order valence-electron chi connectivity index (χ3n) is 3.08. The largest absolute Gasteiger partial charge is 0.356 e. The molecule has 0 bridgehead atoms. The molecule has 0 aliphatic heterocycles. The van der Waals surface area contributed by atoms with Crippen LogP contribution in [-0.4, -0.2) is 29.0 Å². The Morgan fingerprint density at radius 2 is 1.90 bits per heavy atom. The first kappa shape index (κ1) is 14.9. The van der Waals surface area contributed by atoms with Crippen LogP contribution in [0.25, 0.3) is 0 Å². The standard InChI is InChI=1S/C15H17FN4O/c1-3-20(4-2)14-10-17-13(9-18-14)15(21)19-12-8-6-5-7-11(12)16/h5-10H,3-4H2,1-2H3,(H,19,21). The molecule has 2 rings (SSSR count). The van der Waals surface area contributed by atoms with Gasteiger partial charge >= 0.3 is 0 Å². The molecule has 0 radical (unpaired) electrons. The highest BCUT2D eigenvalue weighted by molar-refractivity contribution is 6.02. The SMILES string of the molecule is CCN(CC)c1cnc(C(=O)Nc2ccccc2F)cn1. The number of rotatable bonds is 5. The van der Waals surface area contributed by atoms with Gasteiger partial charge < -0.3 is 10.2 Å². The lowest BCUT2D eigenvalue weighted by Crippen LogP contribution is -2.23. The predicted octanol–water partition coefficient (Wildman–Crippen LogP) is 2.71. The van der Waals surface area contributed by atoms with E-state index in [2.05, 4.69) is 15.3 Å². The van der Waals surface area contributed by atoms with E-state index >= 15 is 0 Å². The number of hydrogen-bond donors (Lipinski definition) is 1. The van der Waals surface area contributed by atoms with Crippen molar-refractivity contribution in [3.8, 4) is 0 Å². The zero-order chi connectivity index (χ0) is 15.2. The number of nitrogens with one attached hydrogen (secondary N) is 1. The Hall–Kier alpha value is -2.50. The van der Waals surface area contributed by atoms with Crippen molar-refractivity contribution in [3.05, 3.63) is 48.2 Å². The van der Waals surface area contributed by atoms with Gasteiger partial charge in [0.2, 0.25) is 0 Å². The third kappa shape index (κ3) is 3.53. The fourth-order valence-electron chi connectivity index (χ4n) is 1.90. The van der Waals surface area contributed by atoms with E-state index in [9.17, 15) is 9.18 Å². The van der Waals surface area contributed by atoms with Crippen LogP contribution in [0.1, 0.15) is 24.3 Å². The molecule has 0 saturated carbocycles. The summed E-state index contributed by atoms with van der Waals surface area (Å²) in [4.78, 5) is 22.3. The van der Waals surface area contributed by atoms with Crippen LogP contribution in [0.2, 0.25) is 0 Å². The third-order valence-corrected chi connectivity index (χ3v) is 3.08. The van der Waals surface area contributed by atoms with Crippen molar-refractivity contribution >= 4 is 17.4 Å². The van der Waals surface area contributed by atoms with E-state index in [1.165, 1.54) is 18.3 Å². The van der Waals surface area contributed by atoms with Crippen molar-refractivity contribution in [2.24, 2.45) is 0 Å². The molecule has 1 aromatic heterocycles. The molecule has 1 aromatic carbocycles. The lowest BCUT2D eigenvalue weighted by Gasteiger charge is -2.18. The van der Waals surface area contributed by atoms with Crippen LogP contribution < -0.4 is 10.2 Å². The summed E-state index contributed by atoms with van der Waals surface area (Å²) in [7, 11) is 0. The van der Waals surface area contributed by atoms with Crippen LogP contribution in [0, 0.1) is 5.82 Å². The molecule has 2 aromatic rings. The maximum Gasteiger partial charge on any atom is 0.275 e. The number of benzene rings is 1. The average Bonchev–Trinajstić information content (AvgIpc) is 2.51. The van der Waals surface area contributed by atoms with Crippen LogP contribution in [0.3, 0.4) is 0 Å². The van der Waals surface area contributed by atoms with Gasteiger partial charge in [-0.1, -0.05) is 12.1 Å². The summed E-state index contributed by atoms with van der Waals surface area (Å²) in [6, 6.07) is 5.98. The van der Waals surface area contributed by atoms with Gasteiger partial charge in [-0.15, -0.1) is 0 Å².